The Labute approximate surface area is 175 Å². The predicted molar refractivity (Wildman–Crippen MR) is 107 cm³/mol. The Kier molecular flexibility index (Phi) is 5.42. The number of aliphatic carboxylic acids is 1. The molecule has 0 aliphatic carbocycles. The predicted octanol–water partition coefficient (Wildman–Crippen LogP) is 5.55. The summed E-state index contributed by atoms with van der Waals surface area (Å²) in [5.41, 5.74) is 0.761. The van der Waals surface area contributed by atoms with Crippen molar-refractivity contribution in [2.45, 2.75) is 31.1 Å². The van der Waals surface area contributed by atoms with E-state index in [1.165, 1.54) is 6.07 Å². The number of hydrogen-bond acceptors (Lipinski definition) is 3. The van der Waals surface area contributed by atoms with Crippen molar-refractivity contribution in [3.05, 3.63) is 76.4 Å². The molecule has 30 heavy (non-hydrogen) atoms. The van der Waals surface area contributed by atoms with Gasteiger partial charge in [0.15, 0.2) is 0 Å². The number of pyridine rings is 1. The summed E-state index contributed by atoms with van der Waals surface area (Å²) in [5.74, 6) is -1.00. The van der Waals surface area contributed by atoms with Crippen molar-refractivity contribution in [3.8, 4) is 0 Å². The first kappa shape index (κ1) is 20.6. The Morgan fingerprint density at radius 2 is 1.93 bits per heavy atom. The van der Waals surface area contributed by atoms with Gasteiger partial charge in [0.1, 0.15) is 6.04 Å². The van der Waals surface area contributed by atoms with E-state index in [0.29, 0.717) is 30.5 Å². The summed E-state index contributed by atoms with van der Waals surface area (Å²) in [5, 5.41) is 10.6. The Morgan fingerprint density at radius 3 is 2.67 bits per heavy atom. The SMILES string of the molecule is O=C(O)C1CCCN1C(c1cc(C(F)(F)F)ccc1Cl)c1ccnc2ccccc12. The zero-order valence-corrected chi connectivity index (χ0v) is 16.5. The molecule has 0 bridgehead atoms. The largest absolute Gasteiger partial charge is 0.480 e. The quantitative estimate of drug-likeness (QED) is 0.585. The van der Waals surface area contributed by atoms with Crippen LogP contribution in [0, 0.1) is 0 Å². The van der Waals surface area contributed by atoms with E-state index >= 15 is 0 Å². The minimum Gasteiger partial charge on any atom is -0.480 e. The van der Waals surface area contributed by atoms with E-state index in [1.54, 1.807) is 17.2 Å². The summed E-state index contributed by atoms with van der Waals surface area (Å²) in [6.45, 7) is 0.435. The maximum Gasteiger partial charge on any atom is 0.416 e. The third-order valence-electron chi connectivity index (χ3n) is 5.51. The number of benzene rings is 2. The van der Waals surface area contributed by atoms with Crippen molar-refractivity contribution in [2.24, 2.45) is 0 Å². The van der Waals surface area contributed by atoms with Gasteiger partial charge in [-0.15, -0.1) is 0 Å². The fraction of sp³-hybridized carbons (Fsp3) is 0.273. The van der Waals surface area contributed by atoms with Gasteiger partial charge < -0.3 is 5.11 Å². The number of carboxylic acids is 1. The number of carbonyl (C=O) groups is 1. The summed E-state index contributed by atoms with van der Waals surface area (Å²) in [7, 11) is 0. The maximum absolute atomic E-state index is 13.4. The second-order valence-electron chi connectivity index (χ2n) is 7.29. The molecule has 3 aromatic rings. The van der Waals surface area contributed by atoms with Gasteiger partial charge in [-0.25, -0.2) is 0 Å². The van der Waals surface area contributed by atoms with Crippen LogP contribution in [0.25, 0.3) is 10.9 Å². The average molecular weight is 435 g/mol. The standard InChI is InChI=1S/C22H18ClF3N2O2/c23-17-8-7-13(22(24,25)26)12-16(17)20(28-11-3-6-19(28)21(29)30)15-9-10-27-18-5-2-1-4-14(15)18/h1-2,4-5,7-10,12,19-20H,3,6,11H2,(H,29,30). The van der Waals surface area contributed by atoms with Gasteiger partial charge >= 0.3 is 12.1 Å². The Bertz CT molecular complexity index is 1100. The summed E-state index contributed by atoms with van der Waals surface area (Å²) >= 11 is 6.39. The molecule has 1 fully saturated rings. The van der Waals surface area contributed by atoms with Gasteiger partial charge in [-0.3, -0.25) is 14.7 Å². The average Bonchev–Trinajstić information content (AvgIpc) is 3.19. The second kappa shape index (κ2) is 7.89. The topological polar surface area (TPSA) is 53.4 Å². The molecule has 1 aromatic heterocycles. The van der Waals surface area contributed by atoms with Gasteiger partial charge in [-0.2, -0.15) is 13.2 Å². The van der Waals surface area contributed by atoms with Crippen molar-refractivity contribution in [2.75, 3.05) is 6.54 Å². The van der Waals surface area contributed by atoms with E-state index in [4.69, 9.17) is 11.6 Å². The smallest absolute Gasteiger partial charge is 0.416 e. The molecule has 2 aromatic carbocycles. The first-order chi connectivity index (χ1) is 14.3. The van der Waals surface area contributed by atoms with Crippen LogP contribution in [0.3, 0.4) is 0 Å². The van der Waals surface area contributed by atoms with Gasteiger partial charge in [0, 0.05) is 23.2 Å². The van der Waals surface area contributed by atoms with E-state index < -0.39 is 29.8 Å². The molecule has 0 saturated carbocycles. The molecular weight excluding hydrogens is 417 g/mol. The molecule has 1 N–H and O–H groups in total. The first-order valence-electron chi connectivity index (χ1n) is 9.46. The van der Waals surface area contributed by atoms with Crippen molar-refractivity contribution in [1.29, 1.82) is 0 Å². The van der Waals surface area contributed by atoms with E-state index in [0.717, 1.165) is 17.5 Å². The molecule has 156 valence electrons. The third kappa shape index (κ3) is 3.75. The maximum atomic E-state index is 13.4. The lowest BCUT2D eigenvalue weighted by Crippen LogP contribution is -2.39. The summed E-state index contributed by atoms with van der Waals surface area (Å²) < 4.78 is 40.3. The summed E-state index contributed by atoms with van der Waals surface area (Å²) in [4.78, 5) is 17.9. The highest BCUT2D eigenvalue weighted by molar-refractivity contribution is 6.31. The van der Waals surface area contributed by atoms with E-state index in [1.807, 2.05) is 24.3 Å². The van der Waals surface area contributed by atoms with E-state index in [2.05, 4.69) is 4.98 Å². The van der Waals surface area contributed by atoms with E-state index in [9.17, 15) is 23.1 Å². The van der Waals surface area contributed by atoms with Crippen LogP contribution < -0.4 is 0 Å². The van der Waals surface area contributed by atoms with Crippen LogP contribution in [0.2, 0.25) is 5.02 Å². The van der Waals surface area contributed by atoms with Gasteiger partial charge in [0.25, 0.3) is 0 Å². The van der Waals surface area contributed by atoms with Crippen LogP contribution in [0.5, 0.6) is 0 Å². The summed E-state index contributed by atoms with van der Waals surface area (Å²) in [6, 6.07) is 10.6. The van der Waals surface area contributed by atoms with Crippen LogP contribution in [-0.4, -0.2) is 33.5 Å². The van der Waals surface area contributed by atoms with Crippen LogP contribution in [-0.2, 0) is 11.0 Å². The van der Waals surface area contributed by atoms with Crippen molar-refractivity contribution in [1.82, 2.24) is 9.88 Å². The number of aromatic nitrogens is 1. The Morgan fingerprint density at radius 1 is 1.17 bits per heavy atom. The number of carboxylic acid groups (broad SMARTS) is 1. The van der Waals surface area contributed by atoms with Gasteiger partial charge in [-0.05, 0) is 54.3 Å². The van der Waals surface area contributed by atoms with Gasteiger partial charge in [0.2, 0.25) is 0 Å². The number of fused-ring (bicyclic) bond motifs is 1. The lowest BCUT2D eigenvalue weighted by Gasteiger charge is -2.33. The number of nitrogens with zero attached hydrogens (tertiary/aromatic N) is 2. The number of rotatable bonds is 4. The Hall–Kier alpha value is -2.64. The molecule has 2 unspecified atom stereocenters. The molecule has 1 aliphatic heterocycles. The molecule has 1 aliphatic rings. The number of hydrogen-bond donors (Lipinski definition) is 1. The zero-order chi connectivity index (χ0) is 21.5. The molecule has 8 heteroatoms. The number of alkyl halides is 3. The van der Waals surface area contributed by atoms with Crippen molar-refractivity contribution in [3.63, 3.8) is 0 Å². The van der Waals surface area contributed by atoms with Crippen LogP contribution in [0.1, 0.15) is 35.6 Å². The molecule has 4 nitrogen and oxygen atoms in total. The Balaban J connectivity index is 1.97. The van der Waals surface area contributed by atoms with Crippen molar-refractivity contribution >= 4 is 28.5 Å². The molecule has 2 atom stereocenters. The van der Waals surface area contributed by atoms with Gasteiger partial charge in [-0.1, -0.05) is 29.8 Å². The van der Waals surface area contributed by atoms with Crippen LogP contribution in [0.4, 0.5) is 13.2 Å². The number of halogens is 4. The first-order valence-corrected chi connectivity index (χ1v) is 9.84. The minimum absolute atomic E-state index is 0.157. The molecule has 4 rings (SSSR count). The zero-order valence-electron chi connectivity index (χ0n) is 15.7. The highest BCUT2D eigenvalue weighted by atomic mass is 35.5. The highest BCUT2D eigenvalue weighted by Gasteiger charge is 2.39. The fourth-order valence-electron chi connectivity index (χ4n) is 4.17. The molecule has 2 heterocycles. The van der Waals surface area contributed by atoms with E-state index in [-0.39, 0.29) is 10.6 Å². The lowest BCUT2D eigenvalue weighted by atomic mass is 9.92. The fourth-order valence-corrected chi connectivity index (χ4v) is 4.40. The molecule has 0 radical (unpaired) electrons. The number of para-hydroxylation sites is 1. The minimum atomic E-state index is -4.54. The van der Waals surface area contributed by atoms with Crippen LogP contribution in [0.15, 0.2) is 54.7 Å². The monoisotopic (exact) mass is 434 g/mol. The highest BCUT2D eigenvalue weighted by Crippen LogP contribution is 2.42. The molecule has 0 amide bonds. The lowest BCUT2D eigenvalue weighted by molar-refractivity contribution is -0.143. The molecule has 1 saturated heterocycles. The normalized spacial score (nSPS) is 18.6. The van der Waals surface area contributed by atoms with Crippen LogP contribution >= 0.6 is 11.6 Å². The number of likely N-dealkylation sites (tertiary alicyclic amines) is 1. The second-order valence-corrected chi connectivity index (χ2v) is 7.70. The summed E-state index contributed by atoms with van der Waals surface area (Å²) in [6.07, 6.45) is -1.90. The third-order valence-corrected chi connectivity index (χ3v) is 5.85. The molecule has 0 spiro atoms. The van der Waals surface area contributed by atoms with Gasteiger partial charge in [0.05, 0.1) is 17.1 Å². The van der Waals surface area contributed by atoms with Crippen molar-refractivity contribution < 1.29 is 23.1 Å². The molecular formula is C22H18ClF3N2O2.